The quantitative estimate of drug-likeness (QED) is 0.122. The number of aryl methyl sites for hydroxylation is 1. The molecule has 0 atom stereocenters. The summed E-state index contributed by atoms with van der Waals surface area (Å²) < 4.78 is 29.0. The Labute approximate surface area is 321 Å². The largest absolute Gasteiger partial charge is 0.447 e. The van der Waals surface area contributed by atoms with Crippen molar-refractivity contribution in [2.24, 2.45) is 0 Å². The summed E-state index contributed by atoms with van der Waals surface area (Å²) in [5.74, 6) is 3.04. The molecule has 1 fully saturated rings. The molecule has 3 amide bonds. The average Bonchev–Trinajstić information content (AvgIpc) is 3.60. The number of piperidine rings is 1. The average molecular weight is 767 g/mol. The lowest BCUT2D eigenvalue weighted by Crippen LogP contribution is -2.50. The fourth-order valence-electron chi connectivity index (χ4n) is 6.81. The number of nitrogens with one attached hydrogen (secondary N) is 1. The number of carbonyl (C=O) groups is 3. The fourth-order valence-corrected chi connectivity index (χ4v) is 6.97. The molecule has 0 saturated carbocycles. The molecular formula is C39H51ClN6O8. The van der Waals surface area contributed by atoms with Gasteiger partial charge >= 0.3 is 6.09 Å². The molecule has 2 aliphatic heterocycles. The Morgan fingerprint density at radius 3 is 2.41 bits per heavy atom. The van der Waals surface area contributed by atoms with Crippen LogP contribution in [0.25, 0.3) is 11.0 Å². The molecule has 1 N–H and O–H groups in total. The second kappa shape index (κ2) is 20.4. The molecule has 1 aromatic carbocycles. The molecule has 0 bridgehead atoms. The van der Waals surface area contributed by atoms with E-state index in [1.54, 1.807) is 22.2 Å². The summed E-state index contributed by atoms with van der Waals surface area (Å²) in [6.07, 6.45) is 10.8. The van der Waals surface area contributed by atoms with Gasteiger partial charge in [0, 0.05) is 43.8 Å². The molecule has 2 aliphatic rings. The lowest BCUT2D eigenvalue weighted by atomic mass is 9.74. The highest BCUT2D eigenvalue weighted by Crippen LogP contribution is 2.48. The number of aromatic nitrogens is 3. The number of amides is 3. The van der Waals surface area contributed by atoms with E-state index in [-0.39, 0.29) is 43.6 Å². The minimum absolute atomic E-state index is 0.0117. The van der Waals surface area contributed by atoms with Crippen molar-refractivity contribution < 1.29 is 38.1 Å². The van der Waals surface area contributed by atoms with E-state index in [0.717, 1.165) is 41.0 Å². The minimum Gasteiger partial charge on any atom is -0.447 e. The second-order valence-corrected chi connectivity index (χ2v) is 13.9. The Morgan fingerprint density at radius 1 is 1.00 bits per heavy atom. The van der Waals surface area contributed by atoms with E-state index in [1.807, 2.05) is 38.1 Å². The molecule has 14 nitrogen and oxygen atoms in total. The number of fused-ring (bicyclic) bond motifs is 3. The van der Waals surface area contributed by atoms with E-state index in [1.165, 1.54) is 0 Å². The summed E-state index contributed by atoms with van der Waals surface area (Å²) in [5, 5.41) is 3.55. The molecule has 1 saturated heterocycles. The molecule has 5 rings (SSSR count). The van der Waals surface area contributed by atoms with Gasteiger partial charge < -0.3 is 43.4 Å². The number of nitrogens with zero attached hydrogens (tertiary/aromatic N) is 5. The van der Waals surface area contributed by atoms with E-state index in [4.69, 9.17) is 46.7 Å². The van der Waals surface area contributed by atoms with Gasteiger partial charge in [-0.25, -0.2) is 9.78 Å². The molecule has 4 heterocycles. The normalized spacial score (nSPS) is 14.9. The highest BCUT2D eigenvalue weighted by atomic mass is 35.5. The van der Waals surface area contributed by atoms with Gasteiger partial charge in [0.25, 0.3) is 0 Å². The zero-order chi connectivity index (χ0) is 38.3. The number of rotatable bonds is 21. The first kappa shape index (κ1) is 40.9. The maximum atomic E-state index is 14.4. The number of likely N-dealkylation sites (tertiary alicyclic amines) is 1. The number of hydrogen-bond donors (Lipinski definition) is 1. The molecule has 1 spiro atoms. The van der Waals surface area contributed by atoms with Crippen LogP contribution < -0.4 is 10.2 Å². The van der Waals surface area contributed by atoms with Crippen molar-refractivity contribution in [3.8, 4) is 12.3 Å². The monoisotopic (exact) mass is 766 g/mol. The van der Waals surface area contributed by atoms with Gasteiger partial charge in [0.1, 0.15) is 12.4 Å². The number of ether oxygens (including phenoxy) is 5. The van der Waals surface area contributed by atoms with Crippen molar-refractivity contribution in [1.82, 2.24) is 24.8 Å². The molecule has 0 aliphatic carbocycles. The molecule has 0 unspecified atom stereocenters. The first-order valence-corrected chi connectivity index (χ1v) is 19.0. The van der Waals surface area contributed by atoms with Crippen LogP contribution in [-0.4, -0.2) is 116 Å². The fraction of sp³-hybridized carbons (Fsp3) is 0.564. The highest BCUT2D eigenvalue weighted by molar-refractivity contribution is 6.31. The number of terminal acetylenes is 1. The number of pyridine rings is 1. The Hall–Kier alpha value is -4.26. The second-order valence-electron chi connectivity index (χ2n) is 13.5. The van der Waals surface area contributed by atoms with Gasteiger partial charge in [-0.1, -0.05) is 17.5 Å². The van der Waals surface area contributed by atoms with Gasteiger partial charge in [-0.05, 0) is 69.4 Å². The summed E-state index contributed by atoms with van der Waals surface area (Å²) in [6, 6.07) is 7.54. The van der Waals surface area contributed by atoms with E-state index in [2.05, 4.69) is 20.8 Å². The predicted octanol–water partition coefficient (Wildman–Crippen LogP) is 4.50. The van der Waals surface area contributed by atoms with Gasteiger partial charge in [-0.3, -0.25) is 14.6 Å². The van der Waals surface area contributed by atoms with Crippen LogP contribution in [0.15, 0.2) is 36.7 Å². The van der Waals surface area contributed by atoms with Gasteiger partial charge in [0.2, 0.25) is 11.8 Å². The minimum atomic E-state index is -0.751. The van der Waals surface area contributed by atoms with Crippen molar-refractivity contribution in [2.75, 3.05) is 77.4 Å². The number of carbonyl (C=O) groups excluding carboxylic acids is 3. The summed E-state index contributed by atoms with van der Waals surface area (Å²) >= 11 is 6.35. The number of hydrogen-bond acceptors (Lipinski definition) is 10. The van der Waals surface area contributed by atoms with Crippen LogP contribution in [0.5, 0.6) is 0 Å². The van der Waals surface area contributed by atoms with Crippen LogP contribution in [0.1, 0.15) is 57.3 Å². The maximum absolute atomic E-state index is 14.4. The first-order chi connectivity index (χ1) is 26.2. The van der Waals surface area contributed by atoms with Crippen molar-refractivity contribution in [3.05, 3.63) is 53.1 Å². The topological polar surface area (TPSA) is 147 Å². The summed E-state index contributed by atoms with van der Waals surface area (Å²) in [7, 11) is 0. The van der Waals surface area contributed by atoms with Gasteiger partial charge in [-0.2, -0.15) is 0 Å². The number of anilines is 1. The maximum Gasteiger partial charge on any atom is 0.410 e. The third kappa shape index (κ3) is 10.7. The van der Waals surface area contributed by atoms with Crippen LogP contribution in [-0.2, 0) is 51.8 Å². The Bertz CT molecular complexity index is 1750. The van der Waals surface area contributed by atoms with Crippen LogP contribution in [0.2, 0.25) is 5.02 Å². The molecule has 15 heteroatoms. The Morgan fingerprint density at radius 2 is 1.70 bits per heavy atom. The number of benzene rings is 1. The van der Waals surface area contributed by atoms with Crippen molar-refractivity contribution in [1.29, 1.82) is 0 Å². The zero-order valence-electron chi connectivity index (χ0n) is 31.2. The number of unbranched alkanes of at least 4 members (excludes halogenated alkanes) is 1. The van der Waals surface area contributed by atoms with E-state index in [9.17, 15) is 14.4 Å². The lowest BCUT2D eigenvalue weighted by molar-refractivity contribution is -0.125. The van der Waals surface area contributed by atoms with Crippen LogP contribution >= 0.6 is 11.6 Å². The molecule has 54 heavy (non-hydrogen) atoms. The van der Waals surface area contributed by atoms with Gasteiger partial charge in [0.05, 0.1) is 87.2 Å². The van der Waals surface area contributed by atoms with E-state index < -0.39 is 5.41 Å². The van der Waals surface area contributed by atoms with Crippen LogP contribution in [0.3, 0.4) is 0 Å². The Kier molecular flexibility index (Phi) is 15.5. The molecule has 3 aromatic rings. The summed E-state index contributed by atoms with van der Waals surface area (Å²) in [4.78, 5) is 52.2. The zero-order valence-corrected chi connectivity index (χ0v) is 32.0. The molecule has 292 valence electrons. The smallest absolute Gasteiger partial charge is 0.410 e. The van der Waals surface area contributed by atoms with Crippen LogP contribution in [0.4, 0.5) is 10.5 Å². The van der Waals surface area contributed by atoms with Crippen molar-refractivity contribution in [2.45, 2.75) is 70.6 Å². The predicted molar refractivity (Wildman–Crippen MR) is 203 cm³/mol. The van der Waals surface area contributed by atoms with Gasteiger partial charge in [0.15, 0.2) is 0 Å². The molecule has 2 aromatic heterocycles. The van der Waals surface area contributed by atoms with Gasteiger partial charge in [-0.15, -0.1) is 6.42 Å². The van der Waals surface area contributed by atoms with E-state index >= 15 is 0 Å². The first-order valence-electron chi connectivity index (χ1n) is 18.6. The van der Waals surface area contributed by atoms with E-state index in [0.29, 0.717) is 90.3 Å². The molecule has 0 radical (unpaired) electrons. The van der Waals surface area contributed by atoms with Crippen molar-refractivity contribution >= 4 is 46.2 Å². The summed E-state index contributed by atoms with van der Waals surface area (Å²) in [5.41, 5.74) is 2.61. The van der Waals surface area contributed by atoms with Crippen LogP contribution in [0, 0.1) is 12.3 Å². The van der Waals surface area contributed by atoms with Crippen molar-refractivity contribution in [3.63, 3.8) is 0 Å². The lowest BCUT2D eigenvalue weighted by Gasteiger charge is -2.38. The highest BCUT2D eigenvalue weighted by Gasteiger charge is 2.53. The number of imidazole rings is 1. The number of halogens is 1. The third-order valence-corrected chi connectivity index (χ3v) is 9.70. The molecular weight excluding hydrogens is 716 g/mol. The standard InChI is InChI=1S/C39H51ClN6O8/c1-4-18-50-20-22-52-24-25-53-23-21-51-19-10-36(47)42-13-5-6-15-45-33-8-7-30(40)26-32(33)43-35(45)28-46-34-27-41-14-9-31(34)39(37(46)48)11-16-44(17-12-39)38(49)54-29(2)3/h1,7-9,14,26-27,29H,5-6,10-13,15-25,28H2,2-3H3,(H,42,47). The third-order valence-electron chi connectivity index (χ3n) is 9.47. The SMILES string of the molecule is C#CCOCCOCCOCCOCCC(=O)NCCCCn1c(CN2C(=O)C3(CCN(C(=O)OC(C)C)CC3)c3ccncc32)nc2cc(Cl)ccc21. The Balaban J connectivity index is 1.09. The summed E-state index contributed by atoms with van der Waals surface area (Å²) in [6.45, 7) is 9.12.